The Morgan fingerprint density at radius 3 is 2.42 bits per heavy atom. The second kappa shape index (κ2) is 7.55. The van der Waals surface area contributed by atoms with Gasteiger partial charge in [-0.1, -0.05) is 17.7 Å². The standard InChI is InChI=1S/C16H16ClNO5S/c1-2-23-14-6-8-15(9-7-14)24(21,22)18(11-16(19)20)13-5-3-4-12(17)10-13/h3-10H,2,11H2,1H3,(H,19,20). The van der Waals surface area contributed by atoms with Crippen molar-refractivity contribution in [2.24, 2.45) is 0 Å². The normalized spacial score (nSPS) is 11.1. The summed E-state index contributed by atoms with van der Waals surface area (Å²) in [5, 5.41) is 9.39. The largest absolute Gasteiger partial charge is 0.494 e. The van der Waals surface area contributed by atoms with E-state index in [1.165, 1.54) is 36.4 Å². The summed E-state index contributed by atoms with van der Waals surface area (Å²) in [6.45, 7) is 1.56. The van der Waals surface area contributed by atoms with E-state index >= 15 is 0 Å². The summed E-state index contributed by atoms with van der Waals surface area (Å²) in [4.78, 5) is 11.1. The third-order valence-corrected chi connectivity index (χ3v) is 5.12. The first-order chi connectivity index (χ1) is 11.3. The smallest absolute Gasteiger partial charge is 0.324 e. The number of benzene rings is 2. The van der Waals surface area contributed by atoms with Crippen molar-refractivity contribution in [1.82, 2.24) is 0 Å². The summed E-state index contributed by atoms with van der Waals surface area (Å²) in [5.74, 6) is -0.742. The summed E-state index contributed by atoms with van der Waals surface area (Å²) in [7, 11) is -4.06. The Bertz CT molecular complexity index is 821. The maximum atomic E-state index is 12.8. The second-order valence-electron chi connectivity index (χ2n) is 4.79. The summed E-state index contributed by atoms with van der Waals surface area (Å²) < 4.78 is 31.7. The lowest BCUT2D eigenvalue weighted by atomic mass is 10.3. The number of halogens is 1. The molecule has 24 heavy (non-hydrogen) atoms. The summed E-state index contributed by atoms with van der Waals surface area (Å²) in [6.07, 6.45) is 0. The molecule has 0 fully saturated rings. The van der Waals surface area contributed by atoms with Gasteiger partial charge in [0, 0.05) is 5.02 Å². The van der Waals surface area contributed by atoms with Crippen molar-refractivity contribution >= 4 is 33.3 Å². The van der Waals surface area contributed by atoms with Crippen molar-refractivity contribution in [1.29, 1.82) is 0 Å². The molecule has 1 N–H and O–H groups in total. The average Bonchev–Trinajstić information content (AvgIpc) is 2.53. The molecular weight excluding hydrogens is 354 g/mol. The van der Waals surface area contributed by atoms with Gasteiger partial charge < -0.3 is 9.84 Å². The fraction of sp³-hybridized carbons (Fsp3) is 0.188. The van der Waals surface area contributed by atoms with E-state index in [0.717, 1.165) is 4.31 Å². The van der Waals surface area contributed by atoms with Crippen LogP contribution in [0.2, 0.25) is 5.02 Å². The number of nitrogens with zero attached hydrogens (tertiary/aromatic N) is 1. The Kier molecular flexibility index (Phi) is 5.69. The van der Waals surface area contributed by atoms with Gasteiger partial charge in [-0.25, -0.2) is 8.42 Å². The van der Waals surface area contributed by atoms with Crippen molar-refractivity contribution < 1.29 is 23.1 Å². The SMILES string of the molecule is CCOc1ccc(S(=O)(=O)N(CC(=O)O)c2cccc(Cl)c2)cc1. The highest BCUT2D eigenvalue weighted by Crippen LogP contribution is 2.27. The minimum absolute atomic E-state index is 0.0350. The van der Waals surface area contributed by atoms with Crippen LogP contribution >= 0.6 is 11.6 Å². The maximum absolute atomic E-state index is 12.8. The van der Waals surface area contributed by atoms with E-state index in [0.29, 0.717) is 17.4 Å². The minimum Gasteiger partial charge on any atom is -0.494 e. The summed E-state index contributed by atoms with van der Waals surface area (Å²) in [5.41, 5.74) is 0.179. The molecular formula is C16H16ClNO5S. The number of hydrogen-bond acceptors (Lipinski definition) is 4. The van der Waals surface area contributed by atoms with Gasteiger partial charge in [0.2, 0.25) is 0 Å². The fourth-order valence-electron chi connectivity index (χ4n) is 2.07. The fourth-order valence-corrected chi connectivity index (χ4v) is 3.66. The Morgan fingerprint density at radius 1 is 1.21 bits per heavy atom. The first kappa shape index (κ1) is 18.1. The molecule has 6 nitrogen and oxygen atoms in total. The molecule has 0 aliphatic rings. The van der Waals surface area contributed by atoms with Crippen LogP contribution in [-0.2, 0) is 14.8 Å². The Balaban J connectivity index is 2.45. The highest BCUT2D eigenvalue weighted by Gasteiger charge is 2.27. The first-order valence-corrected chi connectivity index (χ1v) is 8.89. The number of carboxylic acids is 1. The molecule has 0 saturated carbocycles. The van der Waals surface area contributed by atoms with Gasteiger partial charge in [0.25, 0.3) is 10.0 Å². The molecule has 2 aromatic rings. The molecule has 0 saturated heterocycles. The molecule has 0 spiro atoms. The quantitative estimate of drug-likeness (QED) is 0.811. The van der Waals surface area contributed by atoms with Crippen LogP contribution < -0.4 is 9.04 Å². The number of carboxylic acid groups (broad SMARTS) is 1. The number of carbonyl (C=O) groups is 1. The van der Waals surface area contributed by atoms with Gasteiger partial charge in [0.15, 0.2) is 0 Å². The second-order valence-corrected chi connectivity index (χ2v) is 7.09. The van der Waals surface area contributed by atoms with E-state index < -0.39 is 22.5 Å². The van der Waals surface area contributed by atoms with Gasteiger partial charge in [0.05, 0.1) is 17.2 Å². The summed E-state index contributed by atoms with van der Waals surface area (Å²) in [6, 6.07) is 11.8. The lowest BCUT2D eigenvalue weighted by molar-refractivity contribution is -0.135. The monoisotopic (exact) mass is 369 g/mol. The van der Waals surface area contributed by atoms with Crippen molar-refractivity contribution in [3.8, 4) is 5.75 Å². The summed E-state index contributed by atoms with van der Waals surface area (Å²) >= 11 is 5.89. The molecule has 0 heterocycles. The molecule has 0 aromatic heterocycles. The zero-order valence-electron chi connectivity index (χ0n) is 12.8. The van der Waals surface area contributed by atoms with E-state index in [1.54, 1.807) is 12.1 Å². The third kappa shape index (κ3) is 4.18. The van der Waals surface area contributed by atoms with Gasteiger partial charge in [-0.15, -0.1) is 0 Å². The van der Waals surface area contributed by atoms with Crippen LogP contribution in [0.5, 0.6) is 5.75 Å². The lowest BCUT2D eigenvalue weighted by Gasteiger charge is -2.23. The molecule has 8 heteroatoms. The van der Waals surface area contributed by atoms with Crippen molar-refractivity contribution in [3.63, 3.8) is 0 Å². The van der Waals surface area contributed by atoms with Gasteiger partial charge in [-0.3, -0.25) is 9.10 Å². The van der Waals surface area contributed by atoms with Crippen molar-refractivity contribution in [3.05, 3.63) is 53.6 Å². The van der Waals surface area contributed by atoms with Crippen molar-refractivity contribution in [2.75, 3.05) is 17.5 Å². The third-order valence-electron chi connectivity index (χ3n) is 3.10. The van der Waals surface area contributed by atoms with Gasteiger partial charge in [-0.2, -0.15) is 0 Å². The maximum Gasteiger partial charge on any atom is 0.324 e. The highest BCUT2D eigenvalue weighted by molar-refractivity contribution is 7.92. The van der Waals surface area contributed by atoms with Crippen LogP contribution in [0, 0.1) is 0 Å². The molecule has 0 amide bonds. The van der Waals surface area contributed by atoms with E-state index in [1.807, 2.05) is 6.92 Å². The van der Waals surface area contributed by atoms with E-state index in [9.17, 15) is 13.2 Å². The molecule has 0 aliphatic heterocycles. The zero-order chi connectivity index (χ0) is 17.7. The number of hydrogen-bond donors (Lipinski definition) is 1. The van der Waals surface area contributed by atoms with E-state index in [4.69, 9.17) is 21.4 Å². The van der Waals surface area contributed by atoms with Crippen molar-refractivity contribution in [2.45, 2.75) is 11.8 Å². The van der Waals surface area contributed by atoms with Crippen LogP contribution in [0.4, 0.5) is 5.69 Å². The minimum atomic E-state index is -4.06. The first-order valence-electron chi connectivity index (χ1n) is 7.07. The molecule has 0 bridgehead atoms. The number of anilines is 1. The number of rotatable bonds is 7. The molecule has 2 rings (SSSR count). The molecule has 128 valence electrons. The van der Waals surface area contributed by atoms with E-state index in [2.05, 4.69) is 0 Å². The van der Waals surface area contributed by atoms with E-state index in [-0.39, 0.29) is 10.6 Å². The molecule has 0 atom stereocenters. The molecule has 0 unspecified atom stereocenters. The lowest BCUT2D eigenvalue weighted by Crippen LogP contribution is -2.35. The van der Waals surface area contributed by atoms with Crippen LogP contribution in [-0.4, -0.2) is 32.6 Å². The highest BCUT2D eigenvalue weighted by atomic mass is 35.5. The predicted octanol–water partition coefficient (Wildman–Crippen LogP) is 3.02. The predicted molar refractivity (Wildman–Crippen MR) is 91.2 cm³/mol. The van der Waals surface area contributed by atoms with Crippen LogP contribution in [0.3, 0.4) is 0 Å². The molecule has 2 aromatic carbocycles. The Labute approximate surface area is 145 Å². The average molecular weight is 370 g/mol. The topological polar surface area (TPSA) is 83.9 Å². The molecule has 0 aliphatic carbocycles. The number of sulfonamides is 1. The van der Waals surface area contributed by atoms with Crippen LogP contribution in [0.25, 0.3) is 0 Å². The zero-order valence-corrected chi connectivity index (χ0v) is 14.4. The number of aliphatic carboxylic acids is 1. The van der Waals surface area contributed by atoms with Gasteiger partial charge in [0.1, 0.15) is 12.3 Å². The van der Waals surface area contributed by atoms with Crippen LogP contribution in [0.1, 0.15) is 6.92 Å². The molecule has 0 radical (unpaired) electrons. The Morgan fingerprint density at radius 2 is 1.88 bits per heavy atom. The van der Waals surface area contributed by atoms with Gasteiger partial charge >= 0.3 is 5.97 Å². The Hall–Kier alpha value is -2.25. The van der Waals surface area contributed by atoms with Gasteiger partial charge in [-0.05, 0) is 49.4 Å². The number of ether oxygens (including phenoxy) is 1. The van der Waals surface area contributed by atoms with Crippen LogP contribution in [0.15, 0.2) is 53.4 Å².